The van der Waals surface area contributed by atoms with Crippen LogP contribution in [0.3, 0.4) is 0 Å². The van der Waals surface area contributed by atoms with Crippen molar-refractivity contribution < 1.29 is 52.7 Å². The Kier molecular flexibility index (Phi) is 7.27. The van der Waals surface area contributed by atoms with Gasteiger partial charge in [-0.2, -0.15) is 0 Å². The van der Waals surface area contributed by atoms with Crippen LogP contribution in [0, 0.1) is 6.92 Å². The minimum atomic E-state index is -4.32. The maximum Gasteiger partial charge on any atom is 1.00 e. The predicted molar refractivity (Wildman–Crippen MR) is 64.4 cm³/mol. The molecule has 1 aromatic heterocycles. The van der Waals surface area contributed by atoms with Crippen LogP contribution in [0.2, 0.25) is 0 Å². The normalized spacial score (nSPS) is 10.9. The number of aromatic nitrogens is 1. The Morgan fingerprint density at radius 1 is 1.47 bits per heavy atom. The van der Waals surface area contributed by atoms with Gasteiger partial charge in [-0.1, -0.05) is 0 Å². The topological polar surface area (TPSA) is 114 Å². The fourth-order valence-corrected chi connectivity index (χ4v) is 2.02. The summed E-state index contributed by atoms with van der Waals surface area (Å²) < 4.78 is 31.7. The Bertz CT molecular complexity index is 535. The van der Waals surface area contributed by atoms with Crippen molar-refractivity contribution >= 4 is 15.8 Å². The third-order valence-electron chi connectivity index (χ3n) is 2.51. The molecule has 0 unspecified atom stereocenters. The first-order valence-electron chi connectivity index (χ1n) is 5.19. The molecule has 1 aromatic rings. The number of aromatic hydroxyl groups is 1. The third kappa shape index (κ3) is 5.25. The minimum Gasteiger partial charge on any atom is -0.748 e. The zero-order chi connectivity index (χ0) is 13.9. The zero-order valence-electron chi connectivity index (χ0n) is 11.1. The van der Waals surface area contributed by atoms with Crippen LogP contribution in [-0.2, 0) is 16.7 Å². The number of anilines is 1. The van der Waals surface area contributed by atoms with Gasteiger partial charge in [0.05, 0.1) is 33.9 Å². The molecule has 0 aliphatic carbocycles. The average Bonchev–Trinajstić information content (AvgIpc) is 2.28. The summed E-state index contributed by atoms with van der Waals surface area (Å²) in [7, 11) is -2.79. The van der Waals surface area contributed by atoms with Crippen LogP contribution in [-0.4, -0.2) is 47.5 Å². The summed E-state index contributed by atoms with van der Waals surface area (Å²) in [6.07, 6.45) is 1.40. The van der Waals surface area contributed by atoms with Gasteiger partial charge in [0.1, 0.15) is 0 Å². The number of rotatable bonds is 5. The summed E-state index contributed by atoms with van der Waals surface area (Å²) in [5.41, 5.74) is 1.01. The molecule has 0 aliphatic rings. The van der Waals surface area contributed by atoms with E-state index in [0.29, 0.717) is 11.3 Å². The van der Waals surface area contributed by atoms with E-state index < -0.39 is 15.9 Å². The van der Waals surface area contributed by atoms with Gasteiger partial charge in [0.15, 0.2) is 5.75 Å². The van der Waals surface area contributed by atoms with E-state index in [4.69, 9.17) is 5.11 Å². The third-order valence-corrected chi connectivity index (χ3v) is 3.20. The first-order chi connectivity index (χ1) is 8.26. The number of aryl methyl sites for hydroxylation is 1. The fourth-order valence-electron chi connectivity index (χ4n) is 1.52. The first-order valence-corrected chi connectivity index (χ1v) is 6.77. The molecule has 2 N–H and O–H groups in total. The number of hydrogen-bond acceptors (Lipinski definition) is 7. The SMILES string of the molecule is Cc1ncc(CO)c(N(C)CCS(=O)(=O)[O-])c1O.[Na+]. The summed E-state index contributed by atoms with van der Waals surface area (Å²) in [5.74, 6) is -0.706. The summed E-state index contributed by atoms with van der Waals surface area (Å²) in [4.78, 5) is 5.29. The van der Waals surface area contributed by atoms with Crippen LogP contribution < -0.4 is 34.5 Å². The average molecular weight is 298 g/mol. The van der Waals surface area contributed by atoms with Gasteiger partial charge in [-0.25, -0.2) is 8.42 Å². The molecule has 0 spiro atoms. The molecular weight excluding hydrogens is 283 g/mol. The molecule has 0 aromatic carbocycles. The predicted octanol–water partition coefficient (Wildman–Crippen LogP) is -3.43. The quantitative estimate of drug-likeness (QED) is 0.430. The van der Waals surface area contributed by atoms with Crippen molar-refractivity contribution in [1.82, 2.24) is 4.98 Å². The molecule has 0 saturated carbocycles. The molecule has 0 radical (unpaired) electrons. The Labute approximate surface area is 134 Å². The molecule has 0 saturated heterocycles. The van der Waals surface area contributed by atoms with Crippen molar-refractivity contribution in [3.05, 3.63) is 17.5 Å². The maximum atomic E-state index is 10.6. The van der Waals surface area contributed by atoms with Crippen LogP contribution in [0.25, 0.3) is 0 Å². The number of pyridine rings is 1. The Morgan fingerprint density at radius 3 is 2.53 bits per heavy atom. The van der Waals surface area contributed by atoms with E-state index in [-0.39, 0.29) is 54.1 Å². The number of aliphatic hydroxyl groups is 1. The van der Waals surface area contributed by atoms with E-state index >= 15 is 0 Å². The van der Waals surface area contributed by atoms with E-state index in [2.05, 4.69) is 4.98 Å². The van der Waals surface area contributed by atoms with Gasteiger partial charge in [-0.05, 0) is 6.92 Å². The van der Waals surface area contributed by atoms with Crippen LogP contribution in [0.1, 0.15) is 11.3 Å². The Balaban J connectivity index is 0.00000324. The molecule has 9 heteroatoms. The van der Waals surface area contributed by atoms with Crippen molar-refractivity contribution in [2.24, 2.45) is 0 Å². The maximum absolute atomic E-state index is 10.6. The smallest absolute Gasteiger partial charge is 0.748 e. The molecule has 0 aliphatic heterocycles. The summed E-state index contributed by atoms with van der Waals surface area (Å²) in [6, 6.07) is 0. The van der Waals surface area contributed by atoms with Gasteiger partial charge in [-0.3, -0.25) is 4.98 Å². The van der Waals surface area contributed by atoms with E-state index in [1.54, 1.807) is 6.92 Å². The van der Waals surface area contributed by atoms with Gasteiger partial charge in [0, 0.05) is 25.4 Å². The molecule has 0 atom stereocenters. The van der Waals surface area contributed by atoms with Gasteiger partial charge < -0.3 is 19.7 Å². The van der Waals surface area contributed by atoms with E-state index in [1.165, 1.54) is 18.1 Å². The van der Waals surface area contributed by atoms with Crippen molar-refractivity contribution in [3.8, 4) is 5.75 Å². The molecule has 102 valence electrons. The summed E-state index contributed by atoms with van der Waals surface area (Å²) in [6.45, 7) is 1.17. The van der Waals surface area contributed by atoms with E-state index in [9.17, 15) is 18.1 Å². The standard InChI is InChI=1S/C10H16N2O5S.Na/c1-7-10(14)9(8(6-13)5-11-7)12(2)3-4-18(15,16)17;/h5,13-14H,3-4,6H2,1-2H3,(H,15,16,17);/q;+1/p-1. The van der Waals surface area contributed by atoms with Crippen molar-refractivity contribution in [3.63, 3.8) is 0 Å². The molecule has 19 heavy (non-hydrogen) atoms. The van der Waals surface area contributed by atoms with Crippen LogP contribution >= 0.6 is 0 Å². The van der Waals surface area contributed by atoms with Crippen molar-refractivity contribution in [2.75, 3.05) is 24.2 Å². The monoisotopic (exact) mass is 298 g/mol. The number of nitrogens with zero attached hydrogens (tertiary/aromatic N) is 2. The Hall–Kier alpha value is -0.380. The molecule has 0 amide bonds. The molecule has 7 nitrogen and oxygen atoms in total. The summed E-state index contributed by atoms with van der Waals surface area (Å²) in [5, 5.41) is 19.0. The molecule has 0 fully saturated rings. The largest absolute Gasteiger partial charge is 1.00 e. The van der Waals surface area contributed by atoms with E-state index in [0.717, 1.165) is 0 Å². The van der Waals surface area contributed by atoms with Gasteiger partial charge in [-0.15, -0.1) is 0 Å². The zero-order valence-corrected chi connectivity index (χ0v) is 13.9. The van der Waals surface area contributed by atoms with Gasteiger partial charge in [0.2, 0.25) is 0 Å². The van der Waals surface area contributed by atoms with Gasteiger partial charge >= 0.3 is 29.6 Å². The Morgan fingerprint density at radius 2 is 2.05 bits per heavy atom. The van der Waals surface area contributed by atoms with E-state index in [1.807, 2.05) is 0 Å². The second-order valence-corrected chi connectivity index (χ2v) is 5.43. The first kappa shape index (κ1) is 18.6. The second kappa shape index (κ2) is 7.41. The molecular formula is C10H15N2NaO5S. The molecule has 0 bridgehead atoms. The summed E-state index contributed by atoms with van der Waals surface area (Å²) >= 11 is 0. The van der Waals surface area contributed by atoms with Crippen LogP contribution in [0.4, 0.5) is 5.69 Å². The molecule has 1 heterocycles. The van der Waals surface area contributed by atoms with Crippen molar-refractivity contribution in [1.29, 1.82) is 0 Å². The van der Waals surface area contributed by atoms with Crippen molar-refractivity contribution in [2.45, 2.75) is 13.5 Å². The second-order valence-electron chi connectivity index (χ2n) is 3.91. The number of hydrogen-bond donors (Lipinski definition) is 2. The fraction of sp³-hybridized carbons (Fsp3) is 0.500. The molecule has 1 rings (SSSR count). The van der Waals surface area contributed by atoms with Gasteiger partial charge in [0.25, 0.3) is 0 Å². The minimum absolute atomic E-state index is 0. The van der Waals surface area contributed by atoms with Crippen LogP contribution in [0.15, 0.2) is 6.20 Å². The van der Waals surface area contributed by atoms with Crippen LogP contribution in [0.5, 0.6) is 5.75 Å². The number of aliphatic hydroxyl groups excluding tert-OH is 1.